The first-order chi connectivity index (χ1) is 24.2. The second-order valence-corrected chi connectivity index (χ2v) is 13.6. The molecule has 4 nitrogen and oxygen atoms in total. The van der Waals surface area contributed by atoms with Crippen molar-refractivity contribution in [3.63, 3.8) is 0 Å². The smallest absolute Gasteiger partial charge is 0.165 e. The first kappa shape index (κ1) is 28.2. The van der Waals surface area contributed by atoms with Crippen LogP contribution in [-0.4, -0.2) is 15.0 Å². The summed E-state index contributed by atoms with van der Waals surface area (Å²) in [7, 11) is 0. The summed E-state index contributed by atoms with van der Waals surface area (Å²) in [6.45, 7) is 0. The zero-order valence-corrected chi connectivity index (χ0v) is 27.5. The minimum absolute atomic E-state index is 0.578. The van der Waals surface area contributed by atoms with Crippen LogP contribution in [0, 0.1) is 0 Å². The molecule has 230 valence electrons. The number of benzene rings is 7. The molecular weight excluding hydrogens is 642 g/mol. The van der Waals surface area contributed by atoms with E-state index in [-0.39, 0.29) is 0 Å². The number of hydrogen-bond acceptors (Lipinski definition) is 5. The minimum Gasteiger partial charge on any atom is -0.455 e. The first-order valence-corrected chi connectivity index (χ1v) is 17.2. The number of fused-ring (bicyclic) bond motifs is 8. The zero-order valence-electron chi connectivity index (χ0n) is 25.9. The lowest BCUT2D eigenvalue weighted by atomic mass is 9.94. The minimum atomic E-state index is 0.578. The second-order valence-electron chi connectivity index (χ2n) is 12.1. The van der Waals surface area contributed by atoms with Crippen molar-refractivity contribution in [3.8, 4) is 45.3 Å². The molecule has 0 saturated heterocycles. The van der Waals surface area contributed by atoms with Gasteiger partial charge in [-0.1, -0.05) is 115 Å². The molecule has 0 aliphatic rings. The lowest BCUT2D eigenvalue weighted by Crippen LogP contribution is -2.00. The molecule has 0 unspecified atom stereocenters. The molecule has 49 heavy (non-hydrogen) atoms. The van der Waals surface area contributed by atoms with Gasteiger partial charge in [-0.2, -0.15) is 0 Å². The molecule has 0 fully saturated rings. The maximum absolute atomic E-state index is 7.06. The molecule has 3 heterocycles. The Morgan fingerprint density at radius 3 is 2.06 bits per heavy atom. The standard InChI is InChI=1S/C43H24ClN3OS/c44-35-22-21-27(24-33(35)34-23-26-13-4-5-14-28(26)39-38(34)31-16-6-8-19-36(31)48-39)42-45-41(25-11-2-1-3-12-25)46-43(47-42)32-18-10-17-30-29-15-7-9-20-37(29)49-40(30)32/h1-24H. The monoisotopic (exact) mass is 665 g/mol. The molecule has 10 rings (SSSR count). The number of hydrogen-bond donors (Lipinski definition) is 0. The van der Waals surface area contributed by atoms with E-state index < -0.39 is 0 Å². The van der Waals surface area contributed by atoms with Crippen molar-refractivity contribution < 1.29 is 4.42 Å². The third kappa shape index (κ3) is 4.55. The molecule has 0 bridgehead atoms. The molecule has 0 N–H and O–H groups in total. The van der Waals surface area contributed by atoms with Crippen LogP contribution < -0.4 is 0 Å². The summed E-state index contributed by atoms with van der Waals surface area (Å²) in [5.41, 5.74) is 6.32. The maximum atomic E-state index is 7.06. The fraction of sp³-hybridized carbons (Fsp3) is 0. The van der Waals surface area contributed by atoms with Crippen molar-refractivity contribution >= 4 is 75.8 Å². The Kier molecular flexibility index (Phi) is 6.38. The Balaban J connectivity index is 1.22. The molecule has 0 aliphatic carbocycles. The molecule has 7 aromatic carbocycles. The average molecular weight is 666 g/mol. The van der Waals surface area contributed by atoms with Crippen LogP contribution in [-0.2, 0) is 0 Å². The highest BCUT2D eigenvalue weighted by Crippen LogP contribution is 2.44. The summed E-state index contributed by atoms with van der Waals surface area (Å²) < 4.78 is 8.88. The van der Waals surface area contributed by atoms with Gasteiger partial charge in [-0.3, -0.25) is 0 Å². The van der Waals surface area contributed by atoms with Crippen LogP contribution in [0.2, 0.25) is 5.02 Å². The topological polar surface area (TPSA) is 51.8 Å². The number of furan rings is 1. The van der Waals surface area contributed by atoms with Gasteiger partial charge in [0.25, 0.3) is 0 Å². The van der Waals surface area contributed by atoms with Gasteiger partial charge < -0.3 is 4.42 Å². The van der Waals surface area contributed by atoms with Crippen molar-refractivity contribution in [3.05, 3.63) is 151 Å². The fourth-order valence-electron chi connectivity index (χ4n) is 6.91. The number of para-hydroxylation sites is 1. The Labute approximate surface area is 289 Å². The molecule has 0 aliphatic heterocycles. The summed E-state index contributed by atoms with van der Waals surface area (Å²) in [6.07, 6.45) is 0. The summed E-state index contributed by atoms with van der Waals surface area (Å²) in [4.78, 5) is 15.3. The van der Waals surface area contributed by atoms with Gasteiger partial charge in [0.15, 0.2) is 17.5 Å². The van der Waals surface area contributed by atoms with E-state index >= 15 is 0 Å². The van der Waals surface area contributed by atoms with Gasteiger partial charge in [-0.25, -0.2) is 15.0 Å². The van der Waals surface area contributed by atoms with E-state index in [9.17, 15) is 0 Å². The van der Waals surface area contributed by atoms with Crippen LogP contribution in [0.4, 0.5) is 0 Å². The van der Waals surface area contributed by atoms with Crippen molar-refractivity contribution in [2.24, 2.45) is 0 Å². The van der Waals surface area contributed by atoms with Crippen LogP contribution in [0.3, 0.4) is 0 Å². The van der Waals surface area contributed by atoms with E-state index in [1.165, 1.54) is 15.5 Å². The Morgan fingerprint density at radius 1 is 0.490 bits per heavy atom. The lowest BCUT2D eigenvalue weighted by Gasteiger charge is -2.12. The highest BCUT2D eigenvalue weighted by molar-refractivity contribution is 7.26. The van der Waals surface area contributed by atoms with Gasteiger partial charge in [0.2, 0.25) is 0 Å². The van der Waals surface area contributed by atoms with E-state index in [4.69, 9.17) is 31.0 Å². The average Bonchev–Trinajstić information content (AvgIpc) is 3.74. The van der Waals surface area contributed by atoms with E-state index in [2.05, 4.69) is 72.8 Å². The highest BCUT2D eigenvalue weighted by atomic mass is 35.5. The summed E-state index contributed by atoms with van der Waals surface area (Å²) in [6, 6.07) is 49.7. The number of rotatable bonds is 4. The predicted molar refractivity (Wildman–Crippen MR) is 204 cm³/mol. The summed E-state index contributed by atoms with van der Waals surface area (Å²) >= 11 is 8.83. The largest absolute Gasteiger partial charge is 0.455 e. The molecule has 0 spiro atoms. The normalized spacial score (nSPS) is 11.8. The summed E-state index contributed by atoms with van der Waals surface area (Å²) in [5, 5.41) is 7.29. The van der Waals surface area contributed by atoms with Crippen molar-refractivity contribution in [1.29, 1.82) is 0 Å². The molecule has 0 saturated carbocycles. The molecule has 6 heteroatoms. The first-order valence-electron chi connectivity index (χ1n) is 16.0. The lowest BCUT2D eigenvalue weighted by molar-refractivity contribution is 0.673. The fourth-order valence-corrected chi connectivity index (χ4v) is 8.34. The van der Waals surface area contributed by atoms with Crippen molar-refractivity contribution in [2.45, 2.75) is 0 Å². The third-order valence-electron chi connectivity index (χ3n) is 9.20. The molecule has 10 aromatic rings. The van der Waals surface area contributed by atoms with Gasteiger partial charge in [0.1, 0.15) is 11.2 Å². The molecule has 3 aromatic heterocycles. The quantitative estimate of drug-likeness (QED) is 0.188. The SMILES string of the molecule is Clc1ccc(-c2nc(-c3ccccc3)nc(-c3cccc4c3sc3ccccc34)n2)cc1-c1cc2ccccc2c2oc3ccccc3c12. The van der Waals surface area contributed by atoms with Gasteiger partial charge in [-0.05, 0) is 53.4 Å². The van der Waals surface area contributed by atoms with Crippen LogP contribution in [0.25, 0.3) is 98.2 Å². The van der Waals surface area contributed by atoms with Crippen molar-refractivity contribution in [2.75, 3.05) is 0 Å². The predicted octanol–water partition coefficient (Wildman–Crippen LogP) is 12.6. The van der Waals surface area contributed by atoms with Gasteiger partial charge in [0, 0.05) is 63.6 Å². The van der Waals surface area contributed by atoms with Crippen LogP contribution in [0.1, 0.15) is 0 Å². The van der Waals surface area contributed by atoms with Crippen LogP contribution >= 0.6 is 22.9 Å². The molecule has 0 amide bonds. The van der Waals surface area contributed by atoms with Crippen molar-refractivity contribution in [1.82, 2.24) is 15.0 Å². The second kappa shape index (κ2) is 11.1. The molecule has 0 radical (unpaired) electrons. The highest BCUT2D eigenvalue weighted by Gasteiger charge is 2.20. The summed E-state index contributed by atoms with van der Waals surface area (Å²) in [5.74, 6) is 1.82. The Morgan fingerprint density at radius 2 is 1.18 bits per heavy atom. The van der Waals surface area contributed by atoms with E-state index in [0.717, 1.165) is 65.2 Å². The zero-order chi connectivity index (χ0) is 32.5. The third-order valence-corrected chi connectivity index (χ3v) is 10.7. The van der Waals surface area contributed by atoms with Gasteiger partial charge in [-0.15, -0.1) is 11.3 Å². The maximum Gasteiger partial charge on any atom is 0.165 e. The van der Waals surface area contributed by atoms with Gasteiger partial charge in [0.05, 0.1) is 0 Å². The van der Waals surface area contributed by atoms with E-state index in [1.807, 2.05) is 72.8 Å². The van der Waals surface area contributed by atoms with E-state index in [1.54, 1.807) is 11.3 Å². The van der Waals surface area contributed by atoms with E-state index in [0.29, 0.717) is 22.5 Å². The number of aromatic nitrogens is 3. The van der Waals surface area contributed by atoms with Crippen LogP contribution in [0.15, 0.2) is 150 Å². The number of thiophene rings is 1. The molecule has 0 atom stereocenters. The Hall–Kier alpha value is -5.88. The number of halogens is 1. The molecular formula is C43H24ClN3OS. The van der Waals surface area contributed by atoms with Gasteiger partial charge >= 0.3 is 0 Å². The number of nitrogens with zero attached hydrogens (tertiary/aromatic N) is 3. The van der Waals surface area contributed by atoms with Crippen LogP contribution in [0.5, 0.6) is 0 Å². The Bertz CT molecular complexity index is 2910.